The average molecular weight is 357 g/mol. The van der Waals surface area contributed by atoms with E-state index in [2.05, 4.69) is 10.1 Å². The zero-order valence-corrected chi connectivity index (χ0v) is 14.2. The van der Waals surface area contributed by atoms with Crippen LogP contribution in [0, 0.1) is 0 Å². The molecule has 136 valence electrons. The second-order valence-electron chi connectivity index (χ2n) is 5.47. The van der Waals surface area contributed by atoms with Crippen molar-refractivity contribution in [2.24, 2.45) is 0 Å². The number of phenols is 1. The molecule has 2 rings (SSSR count). The van der Waals surface area contributed by atoms with Gasteiger partial charge in [0, 0.05) is 6.54 Å². The van der Waals surface area contributed by atoms with E-state index in [1.807, 2.05) is 0 Å². The number of benzene rings is 2. The van der Waals surface area contributed by atoms with Gasteiger partial charge in [-0.2, -0.15) is 0 Å². The highest BCUT2D eigenvalue weighted by Gasteiger charge is 2.09. The number of methoxy groups -OCH3 is 1. The van der Waals surface area contributed by atoms with Crippen LogP contribution in [0.3, 0.4) is 0 Å². The molecule has 2 aromatic rings. The molecule has 0 fully saturated rings. The first-order valence-electron chi connectivity index (χ1n) is 7.85. The quantitative estimate of drug-likeness (QED) is 0.730. The molecule has 7 nitrogen and oxygen atoms in total. The van der Waals surface area contributed by atoms with E-state index in [0.717, 1.165) is 5.56 Å². The summed E-state index contributed by atoms with van der Waals surface area (Å²) < 4.78 is 9.52. The van der Waals surface area contributed by atoms with Crippen molar-refractivity contribution in [2.45, 2.75) is 13.0 Å². The highest BCUT2D eigenvalue weighted by Crippen LogP contribution is 2.10. The van der Waals surface area contributed by atoms with Crippen LogP contribution in [0.15, 0.2) is 48.5 Å². The van der Waals surface area contributed by atoms with Crippen LogP contribution in [-0.2, 0) is 32.0 Å². The maximum absolute atomic E-state index is 11.7. The van der Waals surface area contributed by atoms with Crippen LogP contribution in [0.1, 0.15) is 21.5 Å². The highest BCUT2D eigenvalue weighted by atomic mass is 16.5. The molecular weight excluding hydrogens is 338 g/mol. The van der Waals surface area contributed by atoms with Gasteiger partial charge in [-0.05, 0) is 35.4 Å². The maximum Gasteiger partial charge on any atom is 0.337 e. The molecule has 0 radical (unpaired) electrons. The lowest BCUT2D eigenvalue weighted by molar-refractivity contribution is -0.147. The Morgan fingerprint density at radius 3 is 2.19 bits per heavy atom. The number of amides is 1. The number of nitrogens with one attached hydrogen (secondary N) is 1. The topological polar surface area (TPSA) is 102 Å². The van der Waals surface area contributed by atoms with E-state index in [4.69, 9.17) is 4.74 Å². The lowest BCUT2D eigenvalue weighted by atomic mass is 10.1. The van der Waals surface area contributed by atoms with Gasteiger partial charge < -0.3 is 19.9 Å². The second kappa shape index (κ2) is 9.22. The highest BCUT2D eigenvalue weighted by molar-refractivity contribution is 5.89. The lowest BCUT2D eigenvalue weighted by Gasteiger charge is -2.07. The zero-order valence-electron chi connectivity index (χ0n) is 14.2. The van der Waals surface area contributed by atoms with Gasteiger partial charge in [0.2, 0.25) is 0 Å². The van der Waals surface area contributed by atoms with Gasteiger partial charge in [0.05, 0.1) is 19.1 Å². The molecule has 0 aliphatic heterocycles. The van der Waals surface area contributed by atoms with Gasteiger partial charge in [0.25, 0.3) is 5.91 Å². The standard InChI is InChI=1S/C19H19NO6/c1-25-19(24)15-6-2-14(3-7-15)11-20-17(22)12-26-18(23)10-13-4-8-16(21)9-5-13/h2-9,21H,10-12H2,1H3,(H,20,22). The predicted molar refractivity (Wildman–Crippen MR) is 92.4 cm³/mol. The van der Waals surface area contributed by atoms with E-state index in [9.17, 15) is 19.5 Å². The fourth-order valence-corrected chi connectivity index (χ4v) is 2.11. The molecule has 2 aromatic carbocycles. The summed E-state index contributed by atoms with van der Waals surface area (Å²) in [5.41, 5.74) is 1.89. The number of carbonyl (C=O) groups is 3. The Kier molecular flexibility index (Phi) is 6.73. The summed E-state index contributed by atoms with van der Waals surface area (Å²) >= 11 is 0. The first kappa shape index (κ1) is 19.0. The summed E-state index contributed by atoms with van der Waals surface area (Å²) in [5, 5.41) is 11.8. The van der Waals surface area contributed by atoms with E-state index >= 15 is 0 Å². The lowest BCUT2D eigenvalue weighted by Crippen LogP contribution is -2.28. The van der Waals surface area contributed by atoms with Crippen LogP contribution < -0.4 is 5.32 Å². The van der Waals surface area contributed by atoms with Crippen molar-refractivity contribution in [1.29, 1.82) is 0 Å². The number of carbonyl (C=O) groups excluding carboxylic acids is 3. The van der Waals surface area contributed by atoms with Gasteiger partial charge in [-0.15, -0.1) is 0 Å². The van der Waals surface area contributed by atoms with Crippen LogP contribution in [0.5, 0.6) is 5.75 Å². The Morgan fingerprint density at radius 2 is 1.58 bits per heavy atom. The molecule has 0 saturated heterocycles. The Morgan fingerprint density at radius 1 is 0.962 bits per heavy atom. The Labute approximate surface area is 150 Å². The first-order chi connectivity index (χ1) is 12.5. The molecule has 0 aliphatic rings. The SMILES string of the molecule is COC(=O)c1ccc(CNC(=O)COC(=O)Cc2ccc(O)cc2)cc1. The maximum atomic E-state index is 11.7. The van der Waals surface area contributed by atoms with Gasteiger partial charge in [0.1, 0.15) is 5.75 Å². The number of hydrogen-bond donors (Lipinski definition) is 2. The third kappa shape index (κ3) is 5.94. The molecule has 0 aromatic heterocycles. The summed E-state index contributed by atoms with van der Waals surface area (Å²) in [7, 11) is 1.30. The van der Waals surface area contributed by atoms with Gasteiger partial charge in [-0.1, -0.05) is 24.3 Å². The van der Waals surface area contributed by atoms with Crippen molar-refractivity contribution in [1.82, 2.24) is 5.32 Å². The third-order valence-electron chi connectivity index (χ3n) is 3.51. The molecule has 0 bridgehead atoms. The van der Waals surface area contributed by atoms with E-state index in [0.29, 0.717) is 11.1 Å². The van der Waals surface area contributed by atoms with Crippen molar-refractivity contribution in [3.63, 3.8) is 0 Å². The zero-order chi connectivity index (χ0) is 18.9. The van der Waals surface area contributed by atoms with Crippen LogP contribution >= 0.6 is 0 Å². The molecule has 26 heavy (non-hydrogen) atoms. The van der Waals surface area contributed by atoms with Gasteiger partial charge in [-0.25, -0.2) is 4.79 Å². The summed E-state index contributed by atoms with van der Waals surface area (Å²) in [4.78, 5) is 34.8. The summed E-state index contributed by atoms with van der Waals surface area (Å²) in [6, 6.07) is 12.8. The number of rotatable bonds is 7. The number of aromatic hydroxyl groups is 1. The molecule has 0 saturated carbocycles. The van der Waals surface area contributed by atoms with Crippen molar-refractivity contribution < 1.29 is 29.0 Å². The van der Waals surface area contributed by atoms with Crippen molar-refractivity contribution >= 4 is 17.8 Å². The molecule has 0 atom stereocenters. The Hall–Kier alpha value is -3.35. The largest absolute Gasteiger partial charge is 0.508 e. The average Bonchev–Trinajstić information content (AvgIpc) is 2.66. The van der Waals surface area contributed by atoms with Gasteiger partial charge in [-0.3, -0.25) is 9.59 Å². The first-order valence-corrected chi connectivity index (χ1v) is 7.85. The Balaban J connectivity index is 1.72. The predicted octanol–water partition coefficient (Wildman–Crippen LogP) is 1.58. The molecule has 0 spiro atoms. The van der Waals surface area contributed by atoms with Crippen LogP contribution in [-0.4, -0.2) is 36.7 Å². The summed E-state index contributed by atoms with van der Waals surface area (Å²) in [6.07, 6.45) is 0.0164. The molecule has 7 heteroatoms. The summed E-state index contributed by atoms with van der Waals surface area (Å²) in [5.74, 6) is -1.28. The van der Waals surface area contributed by atoms with Gasteiger partial charge in [0.15, 0.2) is 6.61 Å². The fraction of sp³-hybridized carbons (Fsp3) is 0.211. The van der Waals surface area contributed by atoms with Crippen molar-refractivity contribution in [2.75, 3.05) is 13.7 Å². The van der Waals surface area contributed by atoms with E-state index in [-0.39, 0.29) is 25.3 Å². The fourth-order valence-electron chi connectivity index (χ4n) is 2.11. The minimum atomic E-state index is -0.534. The van der Waals surface area contributed by atoms with E-state index in [1.54, 1.807) is 36.4 Å². The number of esters is 2. The third-order valence-corrected chi connectivity index (χ3v) is 3.51. The molecule has 2 N–H and O–H groups in total. The van der Waals surface area contributed by atoms with Gasteiger partial charge >= 0.3 is 11.9 Å². The number of ether oxygens (including phenoxy) is 2. The minimum Gasteiger partial charge on any atom is -0.508 e. The normalized spacial score (nSPS) is 10.0. The molecule has 0 aliphatic carbocycles. The van der Waals surface area contributed by atoms with Crippen LogP contribution in [0.2, 0.25) is 0 Å². The summed E-state index contributed by atoms with van der Waals surface area (Å²) in [6.45, 7) is -0.132. The van der Waals surface area contributed by atoms with Crippen LogP contribution in [0.25, 0.3) is 0 Å². The van der Waals surface area contributed by atoms with E-state index < -0.39 is 17.8 Å². The van der Waals surface area contributed by atoms with Crippen LogP contribution in [0.4, 0.5) is 0 Å². The van der Waals surface area contributed by atoms with Crippen molar-refractivity contribution in [3.8, 4) is 5.75 Å². The molecule has 0 heterocycles. The Bertz CT molecular complexity index is 768. The molecule has 1 amide bonds. The number of phenolic OH excluding ortho intramolecular Hbond substituents is 1. The van der Waals surface area contributed by atoms with E-state index in [1.165, 1.54) is 19.2 Å². The smallest absolute Gasteiger partial charge is 0.337 e. The molecule has 0 unspecified atom stereocenters. The minimum absolute atomic E-state index is 0.0164. The van der Waals surface area contributed by atoms with Crippen molar-refractivity contribution in [3.05, 3.63) is 65.2 Å². The number of hydrogen-bond acceptors (Lipinski definition) is 6. The second-order valence-corrected chi connectivity index (χ2v) is 5.47. The monoisotopic (exact) mass is 357 g/mol. The molecular formula is C19H19NO6.